The second-order valence-electron chi connectivity index (χ2n) is 7.89. The van der Waals surface area contributed by atoms with Gasteiger partial charge >= 0.3 is 18.3 Å². The van der Waals surface area contributed by atoms with Crippen molar-refractivity contribution < 1.29 is 27.7 Å². The molecule has 0 aromatic carbocycles. The molecule has 0 spiro atoms. The summed E-state index contributed by atoms with van der Waals surface area (Å²) >= 11 is 1.02. The van der Waals surface area contributed by atoms with Crippen molar-refractivity contribution in [1.82, 2.24) is 9.88 Å². The minimum Gasteiger partial charge on any atom is -0.381 e. The van der Waals surface area contributed by atoms with Gasteiger partial charge in [0.1, 0.15) is 5.39 Å². The number of carbonyl (C=O) groups excluding carboxylic acids is 1. The number of carbonyl (C=O) groups is 1. The molecule has 6 nitrogen and oxygen atoms in total. The van der Waals surface area contributed by atoms with E-state index in [0.717, 1.165) is 37.0 Å². The van der Waals surface area contributed by atoms with Crippen LogP contribution in [0.3, 0.4) is 0 Å². The van der Waals surface area contributed by atoms with Gasteiger partial charge in [-0.3, -0.25) is 9.69 Å². The molecular formula is C20H24F3N4O2S+. The van der Waals surface area contributed by atoms with Crippen molar-refractivity contribution in [2.24, 2.45) is 5.92 Å². The summed E-state index contributed by atoms with van der Waals surface area (Å²) in [4.78, 5) is 25.7. The highest BCUT2D eigenvalue weighted by atomic mass is 32.1. The number of alkyl halides is 3. The van der Waals surface area contributed by atoms with Crippen LogP contribution in [0.25, 0.3) is 10.2 Å². The number of ether oxygens (including phenoxy) is 1. The predicted octanol–water partition coefficient (Wildman–Crippen LogP) is 2.65. The van der Waals surface area contributed by atoms with E-state index in [1.54, 1.807) is 7.11 Å². The lowest BCUT2D eigenvalue weighted by Crippen LogP contribution is -2.51. The number of piperazine rings is 1. The zero-order valence-electron chi connectivity index (χ0n) is 16.7. The van der Waals surface area contributed by atoms with Crippen LogP contribution in [-0.2, 0) is 16.0 Å². The highest BCUT2D eigenvalue weighted by Crippen LogP contribution is 2.33. The highest BCUT2D eigenvalue weighted by Gasteiger charge is 2.34. The van der Waals surface area contributed by atoms with Crippen molar-refractivity contribution in [3.05, 3.63) is 17.3 Å². The van der Waals surface area contributed by atoms with Gasteiger partial charge in [-0.1, -0.05) is 0 Å². The van der Waals surface area contributed by atoms with E-state index in [-0.39, 0.29) is 22.8 Å². The summed E-state index contributed by atoms with van der Waals surface area (Å²) in [6.07, 6.45) is 1.15. The number of fused-ring (bicyclic) bond motifs is 1. The zero-order valence-corrected chi connectivity index (χ0v) is 17.6. The first-order chi connectivity index (χ1) is 14.3. The molecule has 2 fully saturated rings. The molecule has 2 aliphatic rings. The summed E-state index contributed by atoms with van der Waals surface area (Å²) in [6, 6.07) is 1.53. The Morgan fingerprint density at radius 1 is 1.27 bits per heavy atom. The second kappa shape index (κ2) is 8.55. The number of hydrogen-bond donors (Lipinski definition) is 0. The van der Waals surface area contributed by atoms with Gasteiger partial charge in [-0.15, -0.1) is 11.3 Å². The fourth-order valence-corrected chi connectivity index (χ4v) is 5.33. The predicted molar refractivity (Wildman–Crippen MR) is 105 cm³/mol. The Morgan fingerprint density at radius 2 is 1.97 bits per heavy atom. The number of thiophene rings is 1. The maximum absolute atomic E-state index is 12.9. The molecule has 0 unspecified atom stereocenters. The SMILES string of the molecule is COC1CCC(C(=O)N2CCN(c3[n+]#cnc4sc(CC(F)(F)F)cc34)CC2)CC1. The van der Waals surface area contributed by atoms with Crippen LogP contribution in [-0.4, -0.2) is 61.4 Å². The van der Waals surface area contributed by atoms with Crippen LogP contribution in [0.2, 0.25) is 0 Å². The van der Waals surface area contributed by atoms with E-state index in [2.05, 4.69) is 16.3 Å². The number of nitrogens with zero attached hydrogens (tertiary/aromatic N) is 4. The minimum atomic E-state index is -4.26. The topological polar surface area (TPSA) is 59.8 Å². The van der Waals surface area contributed by atoms with E-state index in [1.165, 1.54) is 6.07 Å². The molecule has 0 atom stereocenters. The lowest BCUT2D eigenvalue weighted by atomic mass is 9.86. The summed E-state index contributed by atoms with van der Waals surface area (Å²) in [5.74, 6) is 0.854. The van der Waals surface area contributed by atoms with Crippen molar-refractivity contribution in [3.8, 4) is 0 Å². The highest BCUT2D eigenvalue weighted by molar-refractivity contribution is 7.18. The largest absolute Gasteiger partial charge is 0.393 e. The molecule has 1 saturated carbocycles. The number of halogens is 3. The van der Waals surface area contributed by atoms with E-state index in [9.17, 15) is 18.0 Å². The summed E-state index contributed by atoms with van der Waals surface area (Å²) in [7, 11) is 1.72. The normalized spacial score (nSPS) is 22.9. The number of methoxy groups -OCH3 is 1. The molecule has 1 amide bonds. The van der Waals surface area contributed by atoms with E-state index in [0.29, 0.717) is 42.2 Å². The first kappa shape index (κ1) is 21.1. The van der Waals surface area contributed by atoms with Gasteiger partial charge in [0.15, 0.2) is 0 Å². The van der Waals surface area contributed by atoms with E-state index >= 15 is 0 Å². The van der Waals surface area contributed by atoms with E-state index < -0.39 is 12.6 Å². The van der Waals surface area contributed by atoms with Crippen molar-refractivity contribution in [2.75, 3.05) is 38.2 Å². The average molecular weight is 441 g/mol. The molecule has 162 valence electrons. The summed E-state index contributed by atoms with van der Waals surface area (Å²) in [5, 5.41) is 0.621. The van der Waals surface area contributed by atoms with Crippen molar-refractivity contribution in [2.45, 2.75) is 44.4 Å². The first-order valence-corrected chi connectivity index (χ1v) is 11.0. The van der Waals surface area contributed by atoms with Gasteiger partial charge in [-0.2, -0.15) is 18.2 Å². The van der Waals surface area contributed by atoms with Gasteiger partial charge < -0.3 is 9.64 Å². The summed E-state index contributed by atoms with van der Waals surface area (Å²) in [5.41, 5.74) is 0. The third-order valence-electron chi connectivity index (χ3n) is 5.93. The molecule has 0 bridgehead atoms. The van der Waals surface area contributed by atoms with Crippen LogP contribution in [0.1, 0.15) is 30.6 Å². The van der Waals surface area contributed by atoms with Gasteiger partial charge in [-0.25, -0.2) is 0 Å². The molecule has 1 aliphatic heterocycles. The van der Waals surface area contributed by atoms with Gasteiger partial charge in [0.25, 0.3) is 0 Å². The molecule has 2 aromatic rings. The fourth-order valence-electron chi connectivity index (χ4n) is 4.32. The molecule has 3 heterocycles. The minimum absolute atomic E-state index is 0.0591. The van der Waals surface area contributed by atoms with Gasteiger partial charge in [-0.05, 0) is 36.7 Å². The Hall–Kier alpha value is -2.12. The molecule has 1 saturated heterocycles. The Morgan fingerprint density at radius 3 is 2.60 bits per heavy atom. The van der Waals surface area contributed by atoms with Crippen molar-refractivity contribution in [1.29, 1.82) is 0 Å². The standard InChI is InChI=1S/C20H24F3N4O2S/c1-29-14-4-2-13(3-5-14)19(28)27-8-6-26(7-9-27)17-16-10-15(11-20(21,22)23)30-18(16)25-12-24-17/h10,13-14H,2-9,11H2,1H3/q+1. The molecule has 30 heavy (non-hydrogen) atoms. The number of aromatic nitrogens is 2. The molecule has 0 radical (unpaired) electrons. The van der Waals surface area contributed by atoms with Crippen LogP contribution in [0.5, 0.6) is 0 Å². The maximum atomic E-state index is 12.9. The van der Waals surface area contributed by atoms with Gasteiger partial charge in [0.2, 0.25) is 10.7 Å². The van der Waals surface area contributed by atoms with Crippen molar-refractivity contribution >= 4 is 33.3 Å². The lowest BCUT2D eigenvalue weighted by Gasteiger charge is -2.35. The second-order valence-corrected chi connectivity index (χ2v) is 9.01. The van der Waals surface area contributed by atoms with Crippen LogP contribution >= 0.6 is 11.3 Å². The average Bonchev–Trinajstić information content (AvgIpc) is 3.14. The number of hydrogen-bond acceptors (Lipinski definition) is 5. The lowest BCUT2D eigenvalue weighted by molar-refractivity contribution is -0.281. The van der Waals surface area contributed by atoms with Crippen LogP contribution < -0.4 is 9.88 Å². The van der Waals surface area contributed by atoms with Crippen LogP contribution in [0.4, 0.5) is 19.0 Å². The molecule has 4 rings (SSSR count). The van der Waals surface area contributed by atoms with Crippen LogP contribution in [0.15, 0.2) is 6.07 Å². The Labute approximate surface area is 177 Å². The molecule has 1 aliphatic carbocycles. The van der Waals surface area contributed by atoms with Gasteiger partial charge in [0.05, 0.1) is 38.7 Å². The smallest absolute Gasteiger partial charge is 0.381 e. The maximum Gasteiger partial charge on any atom is 0.393 e. The number of anilines is 1. The first-order valence-electron chi connectivity index (χ1n) is 10.1. The Kier molecular flexibility index (Phi) is 6.02. The van der Waals surface area contributed by atoms with Crippen molar-refractivity contribution in [3.63, 3.8) is 0 Å². The third kappa shape index (κ3) is 4.62. The van der Waals surface area contributed by atoms with E-state index in [4.69, 9.17) is 4.74 Å². The quantitative estimate of drug-likeness (QED) is 0.730. The molecule has 2 aromatic heterocycles. The third-order valence-corrected chi connectivity index (χ3v) is 6.96. The summed E-state index contributed by atoms with van der Waals surface area (Å²) < 4.78 is 43.6. The van der Waals surface area contributed by atoms with Gasteiger partial charge in [0, 0.05) is 17.9 Å². The Balaban J connectivity index is 1.40. The molecule has 0 N–H and O–H groups in total. The molecule has 10 heteroatoms. The number of rotatable bonds is 4. The van der Waals surface area contributed by atoms with Crippen LogP contribution in [0, 0.1) is 12.2 Å². The monoisotopic (exact) mass is 441 g/mol. The van der Waals surface area contributed by atoms with E-state index in [1.807, 2.05) is 9.80 Å². The zero-order chi connectivity index (χ0) is 21.3. The molecular weight excluding hydrogens is 417 g/mol. The fraction of sp³-hybridized carbons (Fsp3) is 0.650. The number of amides is 1. The summed E-state index contributed by atoms with van der Waals surface area (Å²) in [6.45, 7) is 2.33. The Bertz CT molecular complexity index is 888.